The maximum atomic E-state index is 11.8. The lowest BCUT2D eigenvalue weighted by Crippen LogP contribution is -2.26. The van der Waals surface area contributed by atoms with E-state index in [0.717, 1.165) is 5.69 Å². The number of rotatable bonds is 6. The summed E-state index contributed by atoms with van der Waals surface area (Å²) in [7, 11) is 0. The van der Waals surface area contributed by atoms with E-state index in [1.54, 1.807) is 42.6 Å². The Morgan fingerprint density at radius 1 is 1.30 bits per heavy atom. The van der Waals surface area contributed by atoms with Gasteiger partial charge in [-0.05, 0) is 25.1 Å². The largest absolute Gasteiger partial charge is 0.465 e. The molecule has 1 heterocycles. The number of para-hydroxylation sites is 1. The first-order chi connectivity index (χ1) is 11.2. The zero-order valence-corrected chi connectivity index (χ0v) is 12.8. The molecule has 2 aromatic rings. The Bertz CT molecular complexity index is 706. The van der Waals surface area contributed by atoms with E-state index in [0.29, 0.717) is 17.7 Å². The highest BCUT2D eigenvalue weighted by Gasteiger charge is 2.12. The highest BCUT2D eigenvalue weighted by Crippen LogP contribution is 2.19. The first-order valence-electron chi connectivity index (χ1n) is 7.24. The standard InChI is InChI=1S/C18H17N3O2/c1-2-23-18(22)14-21(17-8-4-3-5-9-17)13-16(11-19)15-7-6-10-20-12-15/h3-10,12-13H,2,14H2,1H3. The molecule has 0 fully saturated rings. The normalized spacial score (nSPS) is 10.7. The van der Waals surface area contributed by atoms with E-state index in [4.69, 9.17) is 4.74 Å². The lowest BCUT2D eigenvalue weighted by atomic mass is 10.1. The van der Waals surface area contributed by atoms with Crippen LogP contribution in [0.15, 0.2) is 61.1 Å². The maximum Gasteiger partial charge on any atom is 0.325 e. The molecule has 23 heavy (non-hydrogen) atoms. The summed E-state index contributed by atoms with van der Waals surface area (Å²) >= 11 is 0. The van der Waals surface area contributed by atoms with Crippen LogP contribution in [-0.2, 0) is 9.53 Å². The molecule has 0 amide bonds. The van der Waals surface area contributed by atoms with Crippen molar-refractivity contribution in [1.29, 1.82) is 5.26 Å². The smallest absolute Gasteiger partial charge is 0.325 e. The minimum Gasteiger partial charge on any atom is -0.465 e. The van der Waals surface area contributed by atoms with Crippen LogP contribution < -0.4 is 4.90 Å². The minimum atomic E-state index is -0.351. The van der Waals surface area contributed by atoms with Crippen molar-refractivity contribution >= 4 is 17.2 Å². The van der Waals surface area contributed by atoms with Gasteiger partial charge < -0.3 is 9.64 Å². The number of esters is 1. The molecule has 0 N–H and O–H groups in total. The number of aromatic nitrogens is 1. The van der Waals surface area contributed by atoms with Gasteiger partial charge in [0.1, 0.15) is 12.6 Å². The van der Waals surface area contributed by atoms with E-state index < -0.39 is 0 Å². The molecule has 1 aromatic carbocycles. The van der Waals surface area contributed by atoms with Gasteiger partial charge in [-0.3, -0.25) is 9.78 Å². The van der Waals surface area contributed by atoms with E-state index >= 15 is 0 Å². The van der Waals surface area contributed by atoms with Crippen LogP contribution in [0.4, 0.5) is 5.69 Å². The Kier molecular flexibility index (Phi) is 5.89. The number of nitriles is 1. The fourth-order valence-corrected chi connectivity index (χ4v) is 2.02. The van der Waals surface area contributed by atoms with Crippen LogP contribution in [0.5, 0.6) is 0 Å². The highest BCUT2D eigenvalue weighted by molar-refractivity contribution is 5.82. The second-order valence-electron chi connectivity index (χ2n) is 4.66. The van der Waals surface area contributed by atoms with Crippen LogP contribution in [0.25, 0.3) is 5.57 Å². The molecule has 5 heteroatoms. The number of nitrogens with zero attached hydrogens (tertiary/aromatic N) is 3. The number of carbonyl (C=O) groups is 1. The van der Waals surface area contributed by atoms with E-state index in [1.165, 1.54) is 0 Å². The predicted octanol–water partition coefficient (Wildman–Crippen LogP) is 3.02. The van der Waals surface area contributed by atoms with E-state index in [2.05, 4.69) is 11.1 Å². The fraction of sp³-hybridized carbons (Fsp3) is 0.167. The van der Waals surface area contributed by atoms with Crippen molar-refractivity contribution in [3.8, 4) is 6.07 Å². The molecule has 1 aromatic heterocycles. The van der Waals surface area contributed by atoms with Gasteiger partial charge >= 0.3 is 5.97 Å². The molecular formula is C18H17N3O2. The van der Waals surface area contributed by atoms with Gasteiger partial charge in [-0.2, -0.15) is 5.26 Å². The molecule has 0 unspecified atom stereocenters. The van der Waals surface area contributed by atoms with Crippen molar-refractivity contribution in [2.75, 3.05) is 18.1 Å². The number of benzene rings is 1. The Morgan fingerprint density at radius 3 is 2.70 bits per heavy atom. The molecule has 0 saturated heterocycles. The molecular weight excluding hydrogens is 290 g/mol. The third-order valence-electron chi connectivity index (χ3n) is 3.07. The number of allylic oxidation sites excluding steroid dienone is 1. The Labute approximate surface area is 135 Å². The van der Waals surface area contributed by atoms with Crippen molar-refractivity contribution < 1.29 is 9.53 Å². The number of hydrogen-bond acceptors (Lipinski definition) is 5. The van der Waals surface area contributed by atoms with Crippen LogP contribution in [0.3, 0.4) is 0 Å². The van der Waals surface area contributed by atoms with Crippen molar-refractivity contribution in [3.63, 3.8) is 0 Å². The highest BCUT2D eigenvalue weighted by atomic mass is 16.5. The summed E-state index contributed by atoms with van der Waals surface area (Å²) in [6, 6.07) is 15.1. The van der Waals surface area contributed by atoms with Gasteiger partial charge in [0, 0.05) is 29.8 Å². The van der Waals surface area contributed by atoms with Crippen LogP contribution in [-0.4, -0.2) is 24.1 Å². The van der Waals surface area contributed by atoms with Crippen LogP contribution in [0.1, 0.15) is 12.5 Å². The summed E-state index contributed by atoms with van der Waals surface area (Å²) in [5, 5.41) is 9.42. The monoisotopic (exact) mass is 307 g/mol. The van der Waals surface area contributed by atoms with Gasteiger partial charge in [-0.1, -0.05) is 24.3 Å². The molecule has 0 aliphatic carbocycles. The van der Waals surface area contributed by atoms with Gasteiger partial charge in [0.15, 0.2) is 0 Å². The Balaban J connectivity index is 2.35. The Morgan fingerprint density at radius 2 is 2.09 bits per heavy atom. The first kappa shape index (κ1) is 16.2. The zero-order chi connectivity index (χ0) is 16.5. The summed E-state index contributed by atoms with van der Waals surface area (Å²) in [4.78, 5) is 17.6. The summed E-state index contributed by atoms with van der Waals surface area (Å²) in [5.41, 5.74) is 1.92. The van der Waals surface area contributed by atoms with Crippen molar-refractivity contribution in [3.05, 3.63) is 66.6 Å². The predicted molar refractivity (Wildman–Crippen MR) is 88.2 cm³/mol. The van der Waals surface area contributed by atoms with Crippen molar-refractivity contribution in [1.82, 2.24) is 4.98 Å². The SMILES string of the molecule is CCOC(=O)CN(C=C(C#N)c1cccnc1)c1ccccc1. The molecule has 5 nitrogen and oxygen atoms in total. The fourth-order valence-electron chi connectivity index (χ4n) is 2.02. The van der Waals surface area contributed by atoms with Gasteiger partial charge in [0.05, 0.1) is 12.2 Å². The van der Waals surface area contributed by atoms with Gasteiger partial charge in [0.25, 0.3) is 0 Å². The number of pyridine rings is 1. The van der Waals surface area contributed by atoms with Crippen LogP contribution >= 0.6 is 0 Å². The topological polar surface area (TPSA) is 66.2 Å². The summed E-state index contributed by atoms with van der Waals surface area (Å²) in [6.45, 7) is 2.11. The zero-order valence-electron chi connectivity index (χ0n) is 12.8. The number of hydrogen-bond donors (Lipinski definition) is 0. The first-order valence-corrected chi connectivity index (χ1v) is 7.24. The maximum absolute atomic E-state index is 11.8. The van der Waals surface area contributed by atoms with Crippen LogP contribution in [0, 0.1) is 11.3 Å². The summed E-state index contributed by atoms with van der Waals surface area (Å²) < 4.78 is 5.01. The molecule has 0 saturated carbocycles. The van der Waals surface area contributed by atoms with Gasteiger partial charge in [0.2, 0.25) is 0 Å². The van der Waals surface area contributed by atoms with Crippen molar-refractivity contribution in [2.24, 2.45) is 0 Å². The Hall–Kier alpha value is -3.13. The van der Waals surface area contributed by atoms with E-state index in [-0.39, 0.29) is 12.5 Å². The molecule has 0 atom stereocenters. The lowest BCUT2D eigenvalue weighted by Gasteiger charge is -2.20. The van der Waals surface area contributed by atoms with Gasteiger partial charge in [-0.15, -0.1) is 0 Å². The molecule has 0 bridgehead atoms. The molecule has 0 spiro atoms. The van der Waals surface area contributed by atoms with Crippen LogP contribution in [0.2, 0.25) is 0 Å². The third kappa shape index (κ3) is 4.68. The quantitative estimate of drug-likeness (QED) is 0.606. The van der Waals surface area contributed by atoms with E-state index in [1.807, 2.05) is 30.3 Å². The third-order valence-corrected chi connectivity index (χ3v) is 3.07. The average molecular weight is 307 g/mol. The minimum absolute atomic E-state index is 0.0310. The average Bonchev–Trinajstić information content (AvgIpc) is 2.60. The molecule has 2 rings (SSSR count). The number of anilines is 1. The molecule has 0 radical (unpaired) electrons. The number of carbonyl (C=O) groups excluding carboxylic acids is 1. The molecule has 0 aliphatic rings. The lowest BCUT2D eigenvalue weighted by molar-refractivity contribution is -0.141. The molecule has 0 aliphatic heterocycles. The number of ether oxygens (including phenoxy) is 1. The van der Waals surface area contributed by atoms with Crippen molar-refractivity contribution in [2.45, 2.75) is 6.92 Å². The van der Waals surface area contributed by atoms with E-state index in [9.17, 15) is 10.1 Å². The second-order valence-corrected chi connectivity index (χ2v) is 4.66. The molecule has 116 valence electrons. The summed E-state index contributed by atoms with van der Waals surface area (Å²) in [5.74, 6) is -0.351. The second kappa shape index (κ2) is 8.35. The summed E-state index contributed by atoms with van der Waals surface area (Å²) in [6.07, 6.45) is 4.90. The van der Waals surface area contributed by atoms with Gasteiger partial charge in [-0.25, -0.2) is 0 Å².